The van der Waals surface area contributed by atoms with Gasteiger partial charge in [0.15, 0.2) is 0 Å². The van der Waals surface area contributed by atoms with Crippen LogP contribution in [0.5, 0.6) is 0 Å². The minimum Gasteiger partial charge on any atom is -0.465 e. The average Bonchev–Trinajstić information content (AvgIpc) is 3.15. The Morgan fingerprint density at radius 3 is 2.68 bits per heavy atom. The standard InChI is InChI=1S/C26H28FN3O4/c1-26(2,34)14-6-7-17-20(10-14)29-23-18(24(28)31)11-19(27)21(22(17)23)16-5-3-4-13-12-30(25(32)33)9-8-15(13)16/h3-5,11,14,29,34H,6-10,12H2,1-2H3,(H2,28,31)(H,32,33). The number of aliphatic hydroxyl groups is 1. The molecule has 1 aromatic heterocycles. The van der Waals surface area contributed by atoms with Crippen LogP contribution in [0.25, 0.3) is 22.0 Å². The normalized spacial score (nSPS) is 18.0. The van der Waals surface area contributed by atoms with Crippen LogP contribution in [0.3, 0.4) is 0 Å². The number of hydrogen-bond donors (Lipinski definition) is 4. The third kappa shape index (κ3) is 3.53. The maximum Gasteiger partial charge on any atom is 0.407 e. The lowest BCUT2D eigenvalue weighted by Crippen LogP contribution is -2.35. The molecule has 3 aromatic rings. The van der Waals surface area contributed by atoms with Gasteiger partial charge in [0, 0.05) is 29.7 Å². The number of aryl methyl sites for hydroxylation is 1. The first-order chi connectivity index (χ1) is 16.1. The van der Waals surface area contributed by atoms with Crippen LogP contribution in [-0.4, -0.2) is 44.2 Å². The van der Waals surface area contributed by atoms with Crippen molar-refractivity contribution in [1.82, 2.24) is 9.88 Å². The number of primary amides is 1. The van der Waals surface area contributed by atoms with E-state index < -0.39 is 23.4 Å². The molecule has 5 rings (SSSR count). The zero-order valence-electron chi connectivity index (χ0n) is 19.2. The quantitative estimate of drug-likeness (QED) is 0.468. The van der Waals surface area contributed by atoms with Crippen molar-refractivity contribution in [1.29, 1.82) is 0 Å². The summed E-state index contributed by atoms with van der Waals surface area (Å²) in [7, 11) is 0. The Bertz CT molecular complexity index is 1340. The summed E-state index contributed by atoms with van der Waals surface area (Å²) in [6.07, 6.45) is 1.47. The number of nitrogens with one attached hydrogen (secondary N) is 1. The summed E-state index contributed by atoms with van der Waals surface area (Å²) >= 11 is 0. The van der Waals surface area contributed by atoms with E-state index in [9.17, 15) is 19.8 Å². The lowest BCUT2D eigenvalue weighted by atomic mass is 9.77. The molecule has 0 saturated heterocycles. The topological polar surface area (TPSA) is 120 Å². The van der Waals surface area contributed by atoms with E-state index in [4.69, 9.17) is 5.73 Å². The Balaban J connectivity index is 1.74. The van der Waals surface area contributed by atoms with Crippen molar-refractivity contribution >= 4 is 22.9 Å². The summed E-state index contributed by atoms with van der Waals surface area (Å²) in [6, 6.07) is 6.75. The fourth-order valence-electron chi connectivity index (χ4n) is 5.64. The molecule has 1 unspecified atom stereocenters. The summed E-state index contributed by atoms with van der Waals surface area (Å²) in [5.41, 5.74) is 10.1. The van der Waals surface area contributed by atoms with Crippen LogP contribution in [0.2, 0.25) is 0 Å². The maximum absolute atomic E-state index is 15.7. The lowest BCUT2D eigenvalue weighted by molar-refractivity contribution is 0.0107. The molecule has 8 heteroatoms. The molecule has 178 valence electrons. The number of fused-ring (bicyclic) bond motifs is 4. The monoisotopic (exact) mass is 465 g/mol. The molecule has 0 fully saturated rings. The number of nitrogens with zero attached hydrogens (tertiary/aromatic N) is 1. The highest BCUT2D eigenvalue weighted by molar-refractivity contribution is 6.11. The van der Waals surface area contributed by atoms with Gasteiger partial charge in [0.25, 0.3) is 5.91 Å². The van der Waals surface area contributed by atoms with E-state index in [1.54, 1.807) is 13.8 Å². The van der Waals surface area contributed by atoms with Crippen molar-refractivity contribution < 1.29 is 24.2 Å². The average molecular weight is 466 g/mol. The number of nitrogens with two attached hydrogens (primary N) is 1. The number of rotatable bonds is 3. The van der Waals surface area contributed by atoms with E-state index in [0.29, 0.717) is 47.8 Å². The predicted molar refractivity (Wildman–Crippen MR) is 126 cm³/mol. The first kappa shape index (κ1) is 22.4. The molecule has 1 aliphatic heterocycles. The molecule has 5 N–H and O–H groups in total. The van der Waals surface area contributed by atoms with Crippen LogP contribution in [0.15, 0.2) is 24.3 Å². The van der Waals surface area contributed by atoms with Crippen LogP contribution in [-0.2, 0) is 25.8 Å². The highest BCUT2D eigenvalue weighted by Gasteiger charge is 2.34. The second kappa shape index (κ2) is 7.84. The number of aromatic nitrogens is 1. The second-order valence-corrected chi connectivity index (χ2v) is 9.97. The number of benzene rings is 2. The Morgan fingerprint density at radius 1 is 1.24 bits per heavy atom. The Morgan fingerprint density at radius 2 is 2.00 bits per heavy atom. The molecule has 0 saturated carbocycles. The molecule has 2 aromatic carbocycles. The maximum atomic E-state index is 15.7. The molecule has 2 aliphatic rings. The number of carbonyl (C=O) groups excluding carboxylic acids is 1. The van der Waals surface area contributed by atoms with Gasteiger partial charge in [-0.15, -0.1) is 0 Å². The van der Waals surface area contributed by atoms with Gasteiger partial charge in [-0.2, -0.15) is 0 Å². The fraction of sp³-hybridized carbons (Fsp3) is 0.385. The van der Waals surface area contributed by atoms with Gasteiger partial charge in [-0.3, -0.25) is 4.79 Å². The summed E-state index contributed by atoms with van der Waals surface area (Å²) in [6.45, 7) is 4.17. The van der Waals surface area contributed by atoms with E-state index >= 15 is 4.39 Å². The van der Waals surface area contributed by atoms with Gasteiger partial charge in [0.05, 0.1) is 16.7 Å². The smallest absolute Gasteiger partial charge is 0.407 e. The molecule has 0 bridgehead atoms. The number of carboxylic acid groups (broad SMARTS) is 1. The van der Waals surface area contributed by atoms with Gasteiger partial charge in [0.1, 0.15) is 5.82 Å². The van der Waals surface area contributed by atoms with Crippen LogP contribution < -0.4 is 5.73 Å². The van der Waals surface area contributed by atoms with Crippen molar-refractivity contribution in [3.05, 3.63) is 58.0 Å². The van der Waals surface area contributed by atoms with Crippen molar-refractivity contribution in [3.63, 3.8) is 0 Å². The van der Waals surface area contributed by atoms with Crippen molar-refractivity contribution in [3.8, 4) is 11.1 Å². The first-order valence-electron chi connectivity index (χ1n) is 11.5. The molecular formula is C26H28FN3O4. The first-order valence-corrected chi connectivity index (χ1v) is 11.5. The molecule has 34 heavy (non-hydrogen) atoms. The van der Waals surface area contributed by atoms with E-state index in [1.165, 1.54) is 11.0 Å². The fourth-order valence-corrected chi connectivity index (χ4v) is 5.64. The largest absolute Gasteiger partial charge is 0.465 e. The van der Waals surface area contributed by atoms with Crippen molar-refractivity contribution in [2.24, 2.45) is 11.7 Å². The molecule has 0 radical (unpaired) electrons. The van der Waals surface area contributed by atoms with Gasteiger partial charge in [-0.25, -0.2) is 9.18 Å². The molecule has 0 spiro atoms. The summed E-state index contributed by atoms with van der Waals surface area (Å²) in [5, 5.41) is 20.6. The molecule has 2 heterocycles. The zero-order valence-corrected chi connectivity index (χ0v) is 19.2. The second-order valence-electron chi connectivity index (χ2n) is 9.97. The van der Waals surface area contributed by atoms with E-state index in [2.05, 4.69) is 4.98 Å². The SMILES string of the molecule is CC(C)(O)C1CCc2c([nH]c3c(C(N)=O)cc(F)c(-c4cccc5c4CCN(C(=O)O)C5)c23)C1. The van der Waals surface area contributed by atoms with Gasteiger partial charge >= 0.3 is 6.09 Å². The van der Waals surface area contributed by atoms with Gasteiger partial charge in [-0.1, -0.05) is 18.2 Å². The number of hydrogen-bond acceptors (Lipinski definition) is 3. The molecular weight excluding hydrogens is 437 g/mol. The molecule has 1 aliphatic carbocycles. The zero-order chi connectivity index (χ0) is 24.4. The van der Waals surface area contributed by atoms with Gasteiger partial charge < -0.3 is 25.8 Å². The molecule has 7 nitrogen and oxygen atoms in total. The third-order valence-electron chi connectivity index (χ3n) is 7.48. The van der Waals surface area contributed by atoms with Crippen LogP contribution >= 0.6 is 0 Å². The Labute approximate surface area is 196 Å². The number of aromatic amines is 1. The Hall–Kier alpha value is -3.39. The van der Waals surface area contributed by atoms with E-state index in [1.807, 2.05) is 18.2 Å². The number of amides is 2. The minimum atomic E-state index is -0.975. The highest BCUT2D eigenvalue weighted by Crippen LogP contribution is 2.43. The summed E-state index contributed by atoms with van der Waals surface area (Å²) in [4.78, 5) is 28.4. The Kier molecular flexibility index (Phi) is 5.16. The highest BCUT2D eigenvalue weighted by atomic mass is 19.1. The van der Waals surface area contributed by atoms with Crippen molar-refractivity contribution in [2.45, 2.75) is 51.7 Å². The predicted octanol–water partition coefficient (Wildman–Crippen LogP) is 3.98. The minimum absolute atomic E-state index is 0.0323. The molecule has 1 atom stereocenters. The van der Waals surface area contributed by atoms with Crippen molar-refractivity contribution in [2.75, 3.05) is 6.54 Å². The van der Waals surface area contributed by atoms with Crippen LogP contribution in [0, 0.1) is 11.7 Å². The number of carbonyl (C=O) groups is 2. The summed E-state index contributed by atoms with van der Waals surface area (Å²) in [5.74, 6) is -1.20. The van der Waals surface area contributed by atoms with Crippen LogP contribution in [0.1, 0.15) is 53.0 Å². The van der Waals surface area contributed by atoms with E-state index in [0.717, 1.165) is 28.8 Å². The number of H-pyrrole nitrogens is 1. The van der Waals surface area contributed by atoms with Crippen LogP contribution in [0.4, 0.5) is 9.18 Å². The van der Waals surface area contributed by atoms with E-state index in [-0.39, 0.29) is 18.0 Å². The van der Waals surface area contributed by atoms with Gasteiger partial charge in [-0.05, 0) is 73.8 Å². The number of halogens is 1. The summed E-state index contributed by atoms with van der Waals surface area (Å²) < 4.78 is 15.7. The third-order valence-corrected chi connectivity index (χ3v) is 7.48. The lowest BCUT2D eigenvalue weighted by Gasteiger charge is -2.32. The molecule has 2 amide bonds. The van der Waals surface area contributed by atoms with Gasteiger partial charge in [0.2, 0.25) is 0 Å².